The summed E-state index contributed by atoms with van der Waals surface area (Å²) in [6, 6.07) is 7.92. The number of nitrogens with zero attached hydrogens (tertiary/aromatic N) is 2. The first kappa shape index (κ1) is 10.4. The minimum Gasteiger partial charge on any atom is -0.398 e. The molecule has 1 aromatic heterocycles. The van der Waals surface area contributed by atoms with E-state index in [2.05, 4.69) is 17.7 Å². The Labute approximate surface area is 101 Å². The van der Waals surface area contributed by atoms with Crippen LogP contribution in [0, 0.1) is 5.92 Å². The molecule has 1 atom stereocenters. The maximum atomic E-state index is 5.99. The normalized spacial score (nSPS) is 19.0. The van der Waals surface area contributed by atoms with Crippen LogP contribution in [0.1, 0.15) is 19.2 Å². The summed E-state index contributed by atoms with van der Waals surface area (Å²) in [5.41, 5.74) is 8.84. The van der Waals surface area contributed by atoms with Gasteiger partial charge in [-0.2, -0.15) is 0 Å². The van der Waals surface area contributed by atoms with Gasteiger partial charge in [-0.25, -0.2) is 4.98 Å². The van der Waals surface area contributed by atoms with E-state index in [-0.39, 0.29) is 0 Å². The highest BCUT2D eigenvalue weighted by Gasteiger charge is 2.18. The molecule has 0 saturated carbocycles. The molecule has 3 rings (SSSR count). The number of hydrogen-bond acceptors (Lipinski definition) is 2. The predicted molar refractivity (Wildman–Crippen MR) is 69.6 cm³/mol. The summed E-state index contributed by atoms with van der Waals surface area (Å²) in [7, 11) is 0. The summed E-state index contributed by atoms with van der Waals surface area (Å²) >= 11 is 0. The minimum absolute atomic E-state index is 0.748. The van der Waals surface area contributed by atoms with Gasteiger partial charge in [-0.3, -0.25) is 0 Å². The zero-order valence-corrected chi connectivity index (χ0v) is 10.1. The molecule has 0 unspecified atom stereocenters. The van der Waals surface area contributed by atoms with Crippen LogP contribution in [-0.4, -0.2) is 9.55 Å². The SMILES string of the molecule is C[C@H]1CCc2nc(-c3ccccc3N)cn2C1. The molecule has 1 aliphatic rings. The Morgan fingerprint density at radius 2 is 2.18 bits per heavy atom. The fraction of sp³-hybridized carbons (Fsp3) is 0.357. The summed E-state index contributed by atoms with van der Waals surface area (Å²) in [5, 5.41) is 0. The smallest absolute Gasteiger partial charge is 0.109 e. The average Bonchev–Trinajstić information content (AvgIpc) is 2.72. The first-order valence-corrected chi connectivity index (χ1v) is 6.15. The van der Waals surface area contributed by atoms with Crippen molar-refractivity contribution in [2.24, 2.45) is 5.92 Å². The van der Waals surface area contributed by atoms with Crippen molar-refractivity contribution >= 4 is 5.69 Å². The number of aryl methyl sites for hydroxylation is 1. The molecule has 0 fully saturated rings. The third kappa shape index (κ3) is 1.82. The van der Waals surface area contributed by atoms with E-state index >= 15 is 0 Å². The molecule has 3 heteroatoms. The molecule has 0 aliphatic carbocycles. The van der Waals surface area contributed by atoms with Gasteiger partial charge < -0.3 is 10.3 Å². The van der Waals surface area contributed by atoms with Crippen molar-refractivity contribution in [2.75, 3.05) is 5.73 Å². The molecular formula is C14H17N3. The van der Waals surface area contributed by atoms with Gasteiger partial charge in [0.15, 0.2) is 0 Å². The van der Waals surface area contributed by atoms with Crippen LogP contribution >= 0.6 is 0 Å². The first-order valence-electron chi connectivity index (χ1n) is 6.15. The van der Waals surface area contributed by atoms with Gasteiger partial charge in [0.1, 0.15) is 5.82 Å². The lowest BCUT2D eigenvalue weighted by atomic mass is 10.0. The largest absolute Gasteiger partial charge is 0.398 e. The average molecular weight is 227 g/mol. The predicted octanol–water partition coefficient (Wildman–Crippen LogP) is 2.71. The van der Waals surface area contributed by atoms with E-state index in [1.807, 2.05) is 24.3 Å². The van der Waals surface area contributed by atoms with Gasteiger partial charge in [-0.1, -0.05) is 25.1 Å². The van der Waals surface area contributed by atoms with E-state index in [9.17, 15) is 0 Å². The fourth-order valence-electron chi connectivity index (χ4n) is 2.47. The maximum Gasteiger partial charge on any atom is 0.109 e. The first-order chi connectivity index (χ1) is 8.24. The number of rotatable bonds is 1. The van der Waals surface area contributed by atoms with E-state index in [1.54, 1.807) is 0 Å². The van der Waals surface area contributed by atoms with E-state index < -0.39 is 0 Å². The van der Waals surface area contributed by atoms with Gasteiger partial charge >= 0.3 is 0 Å². The lowest BCUT2D eigenvalue weighted by molar-refractivity contribution is 0.394. The molecule has 2 N–H and O–H groups in total. The van der Waals surface area contributed by atoms with Crippen LogP contribution in [0.4, 0.5) is 5.69 Å². The lowest BCUT2D eigenvalue weighted by Gasteiger charge is -2.19. The van der Waals surface area contributed by atoms with Crippen molar-refractivity contribution in [3.63, 3.8) is 0 Å². The van der Waals surface area contributed by atoms with Crippen LogP contribution in [0.15, 0.2) is 30.5 Å². The van der Waals surface area contributed by atoms with E-state index in [0.29, 0.717) is 0 Å². The number of imidazole rings is 1. The van der Waals surface area contributed by atoms with Crippen molar-refractivity contribution < 1.29 is 0 Å². The van der Waals surface area contributed by atoms with Crippen molar-refractivity contribution in [3.8, 4) is 11.3 Å². The molecule has 0 radical (unpaired) electrons. The number of nitrogens with two attached hydrogens (primary N) is 1. The van der Waals surface area contributed by atoms with Gasteiger partial charge in [-0.05, 0) is 18.4 Å². The maximum absolute atomic E-state index is 5.99. The Bertz CT molecular complexity index is 542. The minimum atomic E-state index is 0.748. The van der Waals surface area contributed by atoms with Gasteiger partial charge in [0, 0.05) is 30.4 Å². The van der Waals surface area contributed by atoms with Crippen LogP contribution in [0.5, 0.6) is 0 Å². The molecular weight excluding hydrogens is 210 g/mol. The fourth-order valence-corrected chi connectivity index (χ4v) is 2.47. The van der Waals surface area contributed by atoms with Crippen molar-refractivity contribution in [1.29, 1.82) is 0 Å². The summed E-state index contributed by atoms with van der Waals surface area (Å²) in [6.07, 6.45) is 4.45. The molecule has 2 heterocycles. The highest BCUT2D eigenvalue weighted by Crippen LogP contribution is 2.27. The zero-order chi connectivity index (χ0) is 11.8. The molecule has 0 spiro atoms. The Balaban J connectivity index is 2.03. The molecule has 17 heavy (non-hydrogen) atoms. The van der Waals surface area contributed by atoms with Gasteiger partial charge in [0.25, 0.3) is 0 Å². The number of fused-ring (bicyclic) bond motifs is 1. The molecule has 2 aromatic rings. The molecule has 1 aromatic carbocycles. The van der Waals surface area contributed by atoms with Gasteiger partial charge in [0.05, 0.1) is 5.69 Å². The molecule has 0 amide bonds. The highest BCUT2D eigenvalue weighted by atomic mass is 15.1. The number of nitrogen functional groups attached to an aromatic ring is 1. The van der Waals surface area contributed by atoms with Crippen LogP contribution in [-0.2, 0) is 13.0 Å². The highest BCUT2D eigenvalue weighted by molar-refractivity contribution is 5.73. The molecule has 88 valence electrons. The second kappa shape index (κ2) is 3.91. The third-order valence-electron chi connectivity index (χ3n) is 3.47. The van der Waals surface area contributed by atoms with Crippen molar-refractivity contribution in [2.45, 2.75) is 26.3 Å². The Morgan fingerprint density at radius 3 is 3.00 bits per heavy atom. The summed E-state index contributed by atoms with van der Waals surface area (Å²) in [5.74, 6) is 1.94. The van der Waals surface area contributed by atoms with E-state index in [0.717, 1.165) is 35.8 Å². The van der Waals surface area contributed by atoms with Crippen LogP contribution in [0.25, 0.3) is 11.3 Å². The molecule has 1 aliphatic heterocycles. The summed E-state index contributed by atoms with van der Waals surface area (Å²) < 4.78 is 2.27. The number of benzene rings is 1. The van der Waals surface area contributed by atoms with Gasteiger partial charge in [0.2, 0.25) is 0 Å². The molecule has 0 saturated heterocycles. The quantitative estimate of drug-likeness (QED) is 0.761. The van der Waals surface area contributed by atoms with Crippen molar-refractivity contribution in [3.05, 3.63) is 36.3 Å². The van der Waals surface area contributed by atoms with E-state index in [4.69, 9.17) is 10.7 Å². The number of para-hydroxylation sites is 1. The monoisotopic (exact) mass is 227 g/mol. The Kier molecular flexibility index (Phi) is 2.39. The molecule has 3 nitrogen and oxygen atoms in total. The second-order valence-corrected chi connectivity index (χ2v) is 4.93. The summed E-state index contributed by atoms with van der Waals surface area (Å²) in [6.45, 7) is 3.37. The Hall–Kier alpha value is -1.77. The lowest BCUT2D eigenvalue weighted by Crippen LogP contribution is -2.17. The topological polar surface area (TPSA) is 43.8 Å². The second-order valence-electron chi connectivity index (χ2n) is 4.93. The molecule has 0 bridgehead atoms. The number of aromatic nitrogens is 2. The number of anilines is 1. The standard InChI is InChI=1S/C14H17N3/c1-10-6-7-14-16-13(9-17(14)8-10)11-4-2-3-5-12(11)15/h2-5,9-10H,6-8,15H2,1H3/t10-/m0/s1. The Morgan fingerprint density at radius 1 is 1.35 bits per heavy atom. The van der Waals surface area contributed by atoms with Gasteiger partial charge in [-0.15, -0.1) is 0 Å². The number of hydrogen-bond donors (Lipinski definition) is 1. The zero-order valence-electron chi connectivity index (χ0n) is 10.1. The van der Waals surface area contributed by atoms with Crippen molar-refractivity contribution in [1.82, 2.24) is 9.55 Å². The van der Waals surface area contributed by atoms with E-state index in [1.165, 1.54) is 12.2 Å². The third-order valence-corrected chi connectivity index (χ3v) is 3.47. The van der Waals surface area contributed by atoms with Crippen LogP contribution in [0.2, 0.25) is 0 Å². The summed E-state index contributed by atoms with van der Waals surface area (Å²) in [4.78, 5) is 4.70. The van der Waals surface area contributed by atoms with Crippen LogP contribution in [0.3, 0.4) is 0 Å². The van der Waals surface area contributed by atoms with Crippen LogP contribution < -0.4 is 5.73 Å².